The first kappa shape index (κ1) is 17.1. The Morgan fingerprint density at radius 2 is 2.21 bits per heavy atom. The lowest BCUT2D eigenvalue weighted by Crippen LogP contribution is -2.26. The number of hydrogen-bond acceptors (Lipinski definition) is 7. The number of carbonyl (C=O) groups excluding carboxylic acids is 1. The Hall–Kier alpha value is -3.30. The van der Waals surface area contributed by atoms with Gasteiger partial charge in [-0.1, -0.05) is 23.2 Å². The Bertz CT molecular complexity index is 770. The van der Waals surface area contributed by atoms with Gasteiger partial charge in [-0.25, -0.2) is 5.43 Å². The van der Waals surface area contributed by atoms with Gasteiger partial charge in [-0.05, 0) is 30.4 Å². The number of nitro groups is 1. The summed E-state index contributed by atoms with van der Waals surface area (Å²) in [5, 5.41) is 18.0. The summed E-state index contributed by atoms with van der Waals surface area (Å²) in [5.74, 6) is -0.274. The quantitative estimate of drug-likeness (QED) is 0.459. The largest absolute Gasteiger partial charge is 0.490 e. The van der Waals surface area contributed by atoms with Crippen LogP contribution in [0.4, 0.5) is 5.95 Å². The second-order valence-electron chi connectivity index (χ2n) is 4.94. The van der Waals surface area contributed by atoms with Crippen molar-refractivity contribution in [2.24, 2.45) is 5.10 Å². The molecule has 0 saturated carbocycles. The number of nitrogens with zero attached hydrogens (tertiary/aromatic N) is 5. The highest BCUT2D eigenvalue weighted by Gasteiger charge is 2.13. The van der Waals surface area contributed by atoms with Gasteiger partial charge in [0.05, 0.1) is 12.3 Å². The van der Waals surface area contributed by atoms with Crippen molar-refractivity contribution < 1.29 is 14.5 Å². The van der Waals surface area contributed by atoms with E-state index in [1.165, 1.54) is 11.0 Å². The van der Waals surface area contributed by atoms with Crippen molar-refractivity contribution in [1.29, 1.82) is 0 Å². The predicted molar refractivity (Wildman–Crippen MR) is 84.6 cm³/mol. The second kappa shape index (κ2) is 7.81. The Kier molecular flexibility index (Phi) is 5.55. The standard InChI is InChI=1S/C14H16N6O4/c1-10-5-3-4-6-12(10)24-8-13(21)17-16-11(2)7-19-9-15-14(18-19)20(22)23/h3-6,9H,7-8H2,1-2H3,(H,17,21). The van der Waals surface area contributed by atoms with Crippen molar-refractivity contribution in [3.05, 3.63) is 46.3 Å². The van der Waals surface area contributed by atoms with Crippen LogP contribution in [0.1, 0.15) is 12.5 Å². The minimum Gasteiger partial charge on any atom is -0.483 e. The Morgan fingerprint density at radius 1 is 1.46 bits per heavy atom. The molecule has 10 heteroatoms. The van der Waals surface area contributed by atoms with Gasteiger partial charge in [0.2, 0.25) is 6.33 Å². The first-order valence-corrected chi connectivity index (χ1v) is 7.00. The van der Waals surface area contributed by atoms with E-state index in [0.29, 0.717) is 11.5 Å². The molecule has 0 bridgehead atoms. The summed E-state index contributed by atoms with van der Waals surface area (Å²) >= 11 is 0. The van der Waals surface area contributed by atoms with Crippen molar-refractivity contribution in [3.63, 3.8) is 0 Å². The van der Waals surface area contributed by atoms with Crippen molar-refractivity contribution >= 4 is 17.6 Å². The molecule has 0 atom stereocenters. The number of aromatic nitrogens is 3. The maximum atomic E-state index is 11.7. The fourth-order valence-electron chi connectivity index (χ4n) is 1.77. The summed E-state index contributed by atoms with van der Waals surface area (Å²) in [6.07, 6.45) is 1.22. The van der Waals surface area contributed by atoms with Crippen LogP contribution in [0.2, 0.25) is 0 Å². The number of para-hydroxylation sites is 1. The third kappa shape index (κ3) is 4.87. The molecule has 1 amide bonds. The number of carbonyl (C=O) groups is 1. The van der Waals surface area contributed by atoms with Crippen molar-refractivity contribution in [3.8, 4) is 5.75 Å². The second-order valence-corrected chi connectivity index (χ2v) is 4.94. The number of ether oxygens (including phenoxy) is 1. The zero-order valence-corrected chi connectivity index (χ0v) is 13.2. The van der Waals surface area contributed by atoms with Crippen LogP contribution in [0.25, 0.3) is 0 Å². The van der Waals surface area contributed by atoms with E-state index in [1.807, 2.05) is 25.1 Å². The van der Waals surface area contributed by atoms with Crippen LogP contribution in [-0.2, 0) is 11.3 Å². The molecule has 2 rings (SSSR count). The molecule has 0 saturated heterocycles. The molecule has 0 aliphatic rings. The van der Waals surface area contributed by atoms with Gasteiger partial charge in [-0.3, -0.25) is 4.79 Å². The number of amides is 1. The van der Waals surface area contributed by atoms with Crippen LogP contribution >= 0.6 is 0 Å². The summed E-state index contributed by atoms with van der Waals surface area (Å²) in [6, 6.07) is 7.35. The Morgan fingerprint density at radius 3 is 2.88 bits per heavy atom. The molecule has 0 spiro atoms. The number of aryl methyl sites for hydroxylation is 1. The molecule has 1 N–H and O–H groups in total. The zero-order valence-electron chi connectivity index (χ0n) is 13.2. The fourth-order valence-corrected chi connectivity index (χ4v) is 1.77. The van der Waals surface area contributed by atoms with Gasteiger partial charge in [0.25, 0.3) is 5.91 Å². The van der Waals surface area contributed by atoms with Crippen molar-refractivity contribution in [1.82, 2.24) is 20.2 Å². The Labute approximate surface area is 137 Å². The molecule has 0 aliphatic heterocycles. The zero-order chi connectivity index (χ0) is 17.5. The molecule has 1 heterocycles. The smallest absolute Gasteiger partial charge is 0.483 e. The topological polar surface area (TPSA) is 125 Å². The molecule has 0 radical (unpaired) electrons. The molecule has 1 aromatic heterocycles. The number of rotatable bonds is 7. The molecule has 2 aromatic rings. The van der Waals surface area contributed by atoms with Crippen LogP contribution in [0.5, 0.6) is 5.75 Å². The number of nitrogens with one attached hydrogen (secondary N) is 1. The highest BCUT2D eigenvalue weighted by Crippen LogP contribution is 2.15. The summed E-state index contributed by atoms with van der Waals surface area (Å²) in [7, 11) is 0. The van der Waals surface area contributed by atoms with Crippen molar-refractivity contribution in [2.45, 2.75) is 20.4 Å². The number of hydrazone groups is 1. The SMILES string of the molecule is CC(Cn1cnc([N+](=O)[O-])n1)=NNC(=O)COc1ccccc1C. The van der Waals surface area contributed by atoms with Gasteiger partial charge >= 0.3 is 5.95 Å². The Balaban J connectivity index is 1.81. The van der Waals surface area contributed by atoms with Gasteiger partial charge in [0.1, 0.15) is 5.75 Å². The first-order valence-electron chi connectivity index (χ1n) is 7.00. The van der Waals surface area contributed by atoms with E-state index >= 15 is 0 Å². The molecule has 1 aromatic carbocycles. The highest BCUT2D eigenvalue weighted by molar-refractivity contribution is 5.84. The van der Waals surface area contributed by atoms with E-state index in [2.05, 4.69) is 20.6 Å². The molecule has 0 fully saturated rings. The minimum atomic E-state index is -0.687. The van der Waals surface area contributed by atoms with E-state index in [0.717, 1.165) is 5.56 Å². The number of hydrogen-bond donors (Lipinski definition) is 1. The normalized spacial score (nSPS) is 11.2. The molecule has 126 valence electrons. The van der Waals surface area contributed by atoms with Gasteiger partial charge < -0.3 is 14.9 Å². The van der Waals surface area contributed by atoms with E-state index in [-0.39, 0.29) is 13.2 Å². The molecule has 0 unspecified atom stereocenters. The van der Waals surface area contributed by atoms with Crippen LogP contribution < -0.4 is 10.2 Å². The monoisotopic (exact) mass is 332 g/mol. The van der Waals surface area contributed by atoms with E-state index in [9.17, 15) is 14.9 Å². The molecule has 10 nitrogen and oxygen atoms in total. The number of benzene rings is 1. The van der Waals surface area contributed by atoms with E-state index < -0.39 is 16.8 Å². The first-order chi connectivity index (χ1) is 11.5. The van der Waals surface area contributed by atoms with Gasteiger partial charge in [0, 0.05) is 5.10 Å². The lowest BCUT2D eigenvalue weighted by Gasteiger charge is -2.07. The minimum absolute atomic E-state index is 0.166. The lowest BCUT2D eigenvalue weighted by molar-refractivity contribution is -0.394. The van der Waals surface area contributed by atoms with E-state index in [1.54, 1.807) is 13.0 Å². The maximum absolute atomic E-state index is 11.7. The average Bonchev–Trinajstić information content (AvgIpc) is 3.01. The third-order valence-corrected chi connectivity index (χ3v) is 2.90. The summed E-state index contributed by atoms with van der Waals surface area (Å²) < 4.78 is 6.65. The van der Waals surface area contributed by atoms with Gasteiger partial charge in [-0.15, -0.1) is 0 Å². The highest BCUT2D eigenvalue weighted by atomic mass is 16.6. The molecule has 24 heavy (non-hydrogen) atoms. The van der Waals surface area contributed by atoms with E-state index in [4.69, 9.17) is 4.74 Å². The predicted octanol–water partition coefficient (Wildman–Crippen LogP) is 1.07. The average molecular weight is 332 g/mol. The van der Waals surface area contributed by atoms with Crippen LogP contribution in [-0.4, -0.2) is 37.9 Å². The van der Waals surface area contributed by atoms with Gasteiger partial charge in [0.15, 0.2) is 6.61 Å². The third-order valence-electron chi connectivity index (χ3n) is 2.90. The van der Waals surface area contributed by atoms with Crippen LogP contribution in [0, 0.1) is 17.0 Å². The van der Waals surface area contributed by atoms with Gasteiger partial charge in [-0.2, -0.15) is 9.78 Å². The molecule has 0 aliphatic carbocycles. The maximum Gasteiger partial charge on any atom is 0.490 e. The molecular weight excluding hydrogens is 316 g/mol. The summed E-state index contributed by atoms with van der Waals surface area (Å²) in [4.78, 5) is 25.0. The van der Waals surface area contributed by atoms with Crippen LogP contribution in [0.3, 0.4) is 0 Å². The lowest BCUT2D eigenvalue weighted by atomic mass is 10.2. The molecular formula is C14H16N6O4. The summed E-state index contributed by atoms with van der Waals surface area (Å²) in [6.45, 7) is 3.53. The fraction of sp³-hybridized carbons (Fsp3) is 0.286. The summed E-state index contributed by atoms with van der Waals surface area (Å²) in [5.41, 5.74) is 3.78. The van der Waals surface area contributed by atoms with Crippen molar-refractivity contribution in [2.75, 3.05) is 6.61 Å². The van der Waals surface area contributed by atoms with Crippen LogP contribution in [0.15, 0.2) is 35.7 Å².